The zero-order valence-electron chi connectivity index (χ0n) is 21.6. The lowest BCUT2D eigenvalue weighted by molar-refractivity contribution is -0.138. The maximum absolute atomic E-state index is 14.2. The minimum atomic E-state index is -4.79. The Morgan fingerprint density at radius 2 is 1.61 bits per heavy atom. The van der Waals surface area contributed by atoms with Gasteiger partial charge in [-0.05, 0) is 36.2 Å². The Labute approximate surface area is 231 Å². The Kier molecular flexibility index (Phi) is 7.26. The molecule has 3 aromatic rings. The van der Waals surface area contributed by atoms with Crippen LogP contribution in [0.15, 0.2) is 77.8 Å². The molecule has 1 fully saturated rings. The standard InChI is InChI=1S/C29H24F6N4O2/c1-17-5-4-6-19(15-17)25-24(18-9-11-20(12-10-18)28(30,31)32)37-26(21-7-2-3-8-22(21)29(33,34)35)39(25)27(41)38-14-13-36-23(40)16-38/h2-12,15,24-25H,13-14,16H2,1H3,(H,36,40). The predicted octanol–water partition coefficient (Wildman–Crippen LogP) is 6.13. The lowest BCUT2D eigenvalue weighted by Gasteiger charge is -2.36. The summed E-state index contributed by atoms with van der Waals surface area (Å²) in [6, 6.07) is 13.0. The molecule has 6 nitrogen and oxygen atoms in total. The molecule has 1 saturated heterocycles. The normalized spacial score (nSPS) is 19.7. The third-order valence-electron chi connectivity index (χ3n) is 7.02. The van der Waals surface area contributed by atoms with Gasteiger partial charge in [0.05, 0.1) is 17.2 Å². The summed E-state index contributed by atoms with van der Waals surface area (Å²) in [7, 11) is 0. The lowest BCUT2D eigenvalue weighted by atomic mass is 9.92. The number of amides is 3. The van der Waals surface area contributed by atoms with Crippen molar-refractivity contribution >= 4 is 17.8 Å². The average molecular weight is 575 g/mol. The molecule has 0 bridgehead atoms. The Morgan fingerprint density at radius 1 is 0.902 bits per heavy atom. The van der Waals surface area contributed by atoms with Crippen LogP contribution in [0.25, 0.3) is 0 Å². The SMILES string of the molecule is Cc1cccc(C2C(c3ccc(C(F)(F)F)cc3)N=C(c3ccccc3C(F)(F)F)N2C(=O)N2CCNC(=O)C2)c1. The Morgan fingerprint density at radius 3 is 2.24 bits per heavy atom. The number of hydrogen-bond acceptors (Lipinski definition) is 3. The van der Waals surface area contributed by atoms with Gasteiger partial charge in [-0.25, -0.2) is 4.79 Å². The van der Waals surface area contributed by atoms with Crippen molar-refractivity contribution in [2.24, 2.45) is 4.99 Å². The Balaban J connectivity index is 1.72. The van der Waals surface area contributed by atoms with Crippen molar-refractivity contribution in [2.75, 3.05) is 19.6 Å². The fourth-order valence-electron chi connectivity index (χ4n) is 5.14. The number of benzene rings is 3. The number of urea groups is 1. The van der Waals surface area contributed by atoms with Crippen LogP contribution in [0.1, 0.15) is 45.5 Å². The van der Waals surface area contributed by atoms with Crippen LogP contribution in [-0.4, -0.2) is 47.2 Å². The number of aliphatic imine (C=N–C) groups is 1. The Bertz CT molecular complexity index is 1500. The van der Waals surface area contributed by atoms with Crippen molar-refractivity contribution < 1.29 is 35.9 Å². The van der Waals surface area contributed by atoms with E-state index in [4.69, 9.17) is 0 Å². The molecule has 2 atom stereocenters. The summed E-state index contributed by atoms with van der Waals surface area (Å²) >= 11 is 0. The second-order valence-corrected chi connectivity index (χ2v) is 9.84. The summed E-state index contributed by atoms with van der Waals surface area (Å²) in [5, 5.41) is 2.61. The van der Waals surface area contributed by atoms with Gasteiger partial charge >= 0.3 is 18.4 Å². The molecule has 0 aliphatic carbocycles. The smallest absolute Gasteiger partial charge is 0.353 e. The fraction of sp³-hybridized carbons (Fsp3) is 0.276. The van der Waals surface area contributed by atoms with Crippen molar-refractivity contribution in [1.82, 2.24) is 15.1 Å². The highest BCUT2D eigenvalue weighted by Crippen LogP contribution is 2.46. The third-order valence-corrected chi connectivity index (χ3v) is 7.02. The molecule has 2 aliphatic rings. The van der Waals surface area contributed by atoms with Crippen molar-refractivity contribution in [3.63, 3.8) is 0 Å². The van der Waals surface area contributed by atoms with Crippen molar-refractivity contribution in [1.29, 1.82) is 0 Å². The summed E-state index contributed by atoms with van der Waals surface area (Å²) in [6.07, 6.45) is -9.38. The maximum atomic E-state index is 14.2. The largest absolute Gasteiger partial charge is 0.417 e. The van der Waals surface area contributed by atoms with Crippen molar-refractivity contribution in [2.45, 2.75) is 31.4 Å². The van der Waals surface area contributed by atoms with Crippen LogP contribution in [0.2, 0.25) is 0 Å². The van der Waals surface area contributed by atoms with Gasteiger partial charge in [-0.3, -0.25) is 14.7 Å². The van der Waals surface area contributed by atoms with E-state index in [-0.39, 0.29) is 36.6 Å². The molecule has 0 aromatic heterocycles. The van der Waals surface area contributed by atoms with E-state index in [0.29, 0.717) is 5.56 Å². The summed E-state index contributed by atoms with van der Waals surface area (Å²) in [5.74, 6) is -0.713. The molecule has 0 spiro atoms. The molecule has 5 rings (SSSR count). The molecule has 41 heavy (non-hydrogen) atoms. The fourth-order valence-corrected chi connectivity index (χ4v) is 5.14. The number of amidine groups is 1. The first-order valence-electron chi connectivity index (χ1n) is 12.7. The number of nitrogens with zero attached hydrogens (tertiary/aromatic N) is 3. The molecule has 2 aliphatic heterocycles. The topological polar surface area (TPSA) is 65.0 Å². The number of nitrogens with one attached hydrogen (secondary N) is 1. The first-order chi connectivity index (χ1) is 19.3. The van der Waals surface area contributed by atoms with E-state index in [1.54, 1.807) is 31.2 Å². The monoisotopic (exact) mass is 574 g/mol. The third kappa shape index (κ3) is 5.63. The molecule has 2 unspecified atom stereocenters. The minimum absolute atomic E-state index is 0.112. The summed E-state index contributed by atoms with van der Waals surface area (Å²) in [5.41, 5.74) is -0.690. The van der Waals surface area contributed by atoms with E-state index >= 15 is 0 Å². The maximum Gasteiger partial charge on any atom is 0.417 e. The van der Waals surface area contributed by atoms with Gasteiger partial charge in [-0.2, -0.15) is 26.3 Å². The second kappa shape index (κ2) is 10.6. The molecule has 2 heterocycles. The van der Waals surface area contributed by atoms with Crippen LogP contribution in [-0.2, 0) is 17.1 Å². The predicted molar refractivity (Wildman–Crippen MR) is 138 cm³/mol. The van der Waals surface area contributed by atoms with E-state index < -0.39 is 47.5 Å². The summed E-state index contributed by atoms with van der Waals surface area (Å²) < 4.78 is 82.4. The summed E-state index contributed by atoms with van der Waals surface area (Å²) in [4.78, 5) is 33.2. The van der Waals surface area contributed by atoms with Gasteiger partial charge in [-0.1, -0.05) is 60.2 Å². The molecule has 1 N–H and O–H groups in total. The van der Waals surface area contributed by atoms with Crippen LogP contribution in [0, 0.1) is 6.92 Å². The first-order valence-corrected chi connectivity index (χ1v) is 12.7. The number of aryl methyl sites for hydroxylation is 1. The van der Waals surface area contributed by atoms with Crippen LogP contribution in [0.4, 0.5) is 31.1 Å². The van der Waals surface area contributed by atoms with Crippen LogP contribution in [0.3, 0.4) is 0 Å². The quantitative estimate of drug-likeness (QED) is 0.383. The first kappa shape index (κ1) is 28.2. The number of piperazine rings is 1. The van der Waals surface area contributed by atoms with Gasteiger partial charge in [0.15, 0.2) is 0 Å². The van der Waals surface area contributed by atoms with Gasteiger partial charge in [-0.15, -0.1) is 0 Å². The second-order valence-electron chi connectivity index (χ2n) is 9.84. The highest BCUT2D eigenvalue weighted by Gasteiger charge is 2.47. The number of carbonyl (C=O) groups excluding carboxylic acids is 2. The van der Waals surface area contributed by atoms with E-state index in [9.17, 15) is 35.9 Å². The molecule has 214 valence electrons. The average Bonchev–Trinajstić information content (AvgIpc) is 3.32. The van der Waals surface area contributed by atoms with Gasteiger partial charge in [0.25, 0.3) is 0 Å². The summed E-state index contributed by atoms with van der Waals surface area (Å²) in [6.45, 7) is 1.75. The molecule has 3 amide bonds. The molecular weight excluding hydrogens is 550 g/mol. The highest BCUT2D eigenvalue weighted by atomic mass is 19.4. The zero-order valence-corrected chi connectivity index (χ0v) is 21.6. The molecule has 3 aromatic carbocycles. The van der Waals surface area contributed by atoms with E-state index in [1.165, 1.54) is 35.2 Å². The van der Waals surface area contributed by atoms with Crippen LogP contribution < -0.4 is 5.32 Å². The minimum Gasteiger partial charge on any atom is -0.353 e. The van der Waals surface area contributed by atoms with Crippen LogP contribution >= 0.6 is 0 Å². The molecule has 12 heteroatoms. The lowest BCUT2D eigenvalue weighted by Crippen LogP contribution is -2.55. The van der Waals surface area contributed by atoms with Gasteiger partial charge < -0.3 is 10.2 Å². The van der Waals surface area contributed by atoms with Crippen molar-refractivity contribution in [3.05, 3.63) is 106 Å². The molecule has 0 saturated carbocycles. The number of rotatable bonds is 3. The number of halogens is 6. The number of alkyl halides is 6. The number of hydrogen-bond donors (Lipinski definition) is 1. The number of carbonyl (C=O) groups is 2. The van der Waals surface area contributed by atoms with Gasteiger partial charge in [0.1, 0.15) is 18.4 Å². The van der Waals surface area contributed by atoms with Crippen LogP contribution in [0.5, 0.6) is 0 Å². The van der Waals surface area contributed by atoms with E-state index in [1.807, 2.05) is 0 Å². The Hall–Kier alpha value is -4.35. The van der Waals surface area contributed by atoms with E-state index in [2.05, 4.69) is 10.3 Å². The van der Waals surface area contributed by atoms with Crippen molar-refractivity contribution in [3.8, 4) is 0 Å². The molecule has 0 radical (unpaired) electrons. The zero-order chi connectivity index (χ0) is 29.5. The highest BCUT2D eigenvalue weighted by molar-refractivity contribution is 6.10. The molecular formula is C29H24F6N4O2. The van der Waals surface area contributed by atoms with E-state index in [0.717, 1.165) is 28.7 Å². The van der Waals surface area contributed by atoms with Gasteiger partial charge in [0.2, 0.25) is 5.91 Å². The van der Waals surface area contributed by atoms with Gasteiger partial charge in [0, 0.05) is 18.7 Å².